The van der Waals surface area contributed by atoms with E-state index in [1.807, 2.05) is 0 Å². The Morgan fingerprint density at radius 3 is 1.17 bits per heavy atom. The van der Waals surface area contributed by atoms with Gasteiger partial charge in [-0.25, -0.2) is 0 Å². The van der Waals surface area contributed by atoms with E-state index in [1.165, 1.54) is 241 Å². The van der Waals surface area contributed by atoms with Crippen molar-refractivity contribution in [3.05, 3.63) is 352 Å². The van der Waals surface area contributed by atoms with Crippen LogP contribution >= 0.6 is 0 Å². The number of anilines is 6. The van der Waals surface area contributed by atoms with Crippen LogP contribution in [0.2, 0.25) is 0 Å². The van der Waals surface area contributed by atoms with E-state index in [0.29, 0.717) is 0 Å². The zero-order valence-electron chi connectivity index (χ0n) is 60.6. The van der Waals surface area contributed by atoms with Crippen molar-refractivity contribution in [2.45, 2.75) is 0 Å². The van der Waals surface area contributed by atoms with Gasteiger partial charge in [-0.1, -0.05) is 319 Å². The summed E-state index contributed by atoms with van der Waals surface area (Å²) in [5, 5.41) is 20.8. The molecule has 4 nitrogen and oxygen atoms in total. The first-order valence-electron chi connectivity index (χ1n) is 39.6. The third-order valence-corrected chi connectivity index (χ3v) is 27.2. The number of hydrogen-bond donors (Lipinski definition) is 0. The molecule has 0 spiro atoms. The zero-order chi connectivity index (χ0) is 72.2. The second-order valence-electron chi connectivity index (χ2n) is 32.1. The molecule has 0 amide bonds. The lowest BCUT2D eigenvalue weighted by Gasteiger charge is -2.41. The Hall–Kier alpha value is -14.1. The standard InChI is InChI=1S/C104H58B4N4/c1-5-27-60(28-6-1)105-82-49-19-22-52-86(82)109(62-31-9-3-10-32-62)100-74-43-23-40-71-88(74)89-70(94(100)105)39-24-44-75(89)101-95(71)106(61-29-7-2-8-30-61)83-56-53-59(57-87(83)110(101)63-33-11-4-12-34-63)78-58-79-66-37-16-21-51-85(66)112-103-77-46-25-41-72-90(77)91-73(97(103)108-81-48-18-14-38-69(81)92(78)98(108)104(79)112)42-26-45-76(91)102-96(72)107-80-47-17-13-35-64(80)67-54-55-68-65-36-15-20-50-84(65)111(102)99(68)93(67)107/h1-58H. The van der Waals surface area contributed by atoms with E-state index in [0.717, 1.165) is 11.4 Å². The van der Waals surface area contributed by atoms with Gasteiger partial charge in [-0.15, -0.1) is 0 Å². The molecule has 6 aliphatic heterocycles. The SMILES string of the molecule is c1ccc(B2c3ccc(-c4cc5c6ccccc6n6c5c5c4-c4ccccc4B5c4c-6c5cccc6c7c(c8cccc4c8c65)-n4c5ccccc5c5ccc6c(c54)B7c4ccccc4-6)cc3N(c3ccccc3)c3c2c2cccc4c5c(c6cccc3c6c24)B(c2ccccc2)c2ccccc2N5c2ccccc2)cc1. The Morgan fingerprint density at radius 1 is 0.205 bits per heavy atom. The molecule has 0 saturated carbocycles. The number of rotatable bonds is 5. The van der Waals surface area contributed by atoms with Gasteiger partial charge >= 0.3 is 0 Å². The predicted octanol–water partition coefficient (Wildman–Crippen LogP) is 17.6. The number of hydrogen-bond acceptors (Lipinski definition) is 2. The van der Waals surface area contributed by atoms with Gasteiger partial charge in [-0.3, -0.25) is 0 Å². The van der Waals surface area contributed by atoms with Crippen LogP contribution in [0.1, 0.15) is 0 Å². The Kier molecular flexibility index (Phi) is 11.1. The van der Waals surface area contributed by atoms with Crippen molar-refractivity contribution < 1.29 is 0 Å². The molecule has 22 aromatic rings. The van der Waals surface area contributed by atoms with E-state index in [9.17, 15) is 0 Å². The predicted molar refractivity (Wildman–Crippen MR) is 480 cm³/mol. The fourth-order valence-corrected chi connectivity index (χ4v) is 23.4. The molecule has 112 heavy (non-hydrogen) atoms. The van der Waals surface area contributed by atoms with E-state index in [4.69, 9.17) is 0 Å². The number of para-hydroxylation sites is 5. The average Bonchev–Trinajstić information content (AvgIpc) is 1.41. The Balaban J connectivity index is 0.727. The Bertz CT molecular complexity index is 8050. The van der Waals surface area contributed by atoms with Crippen molar-refractivity contribution in [3.8, 4) is 44.8 Å². The van der Waals surface area contributed by atoms with Crippen LogP contribution in [0.5, 0.6) is 0 Å². The molecule has 0 fully saturated rings. The number of aromatic nitrogens is 2. The molecular weight excluding hydrogens is 1350 g/mol. The minimum atomic E-state index is -0.143. The number of nitrogens with zero attached hydrogens (tertiary/aromatic N) is 4. The Morgan fingerprint density at radius 2 is 0.607 bits per heavy atom. The van der Waals surface area contributed by atoms with Crippen molar-refractivity contribution >= 4 is 235 Å². The van der Waals surface area contributed by atoms with Gasteiger partial charge in [0.15, 0.2) is 0 Å². The van der Waals surface area contributed by atoms with Gasteiger partial charge in [0, 0.05) is 94.1 Å². The number of fused-ring (bicyclic) bond motifs is 30. The lowest BCUT2D eigenvalue weighted by atomic mass is 9.33. The normalized spacial score (nSPS) is 13.8. The molecule has 506 valence electrons. The van der Waals surface area contributed by atoms with Crippen LogP contribution in [-0.4, -0.2) is 36.0 Å². The minimum Gasteiger partial charge on any atom is -0.311 e. The molecule has 0 unspecified atom stereocenters. The first kappa shape index (κ1) is 59.0. The highest BCUT2D eigenvalue weighted by Crippen LogP contribution is 2.54. The summed E-state index contributed by atoms with van der Waals surface area (Å²) in [5.74, 6) is 0. The molecule has 0 bridgehead atoms. The van der Waals surface area contributed by atoms with Crippen LogP contribution in [0.15, 0.2) is 352 Å². The van der Waals surface area contributed by atoms with Crippen molar-refractivity contribution in [2.75, 3.05) is 9.80 Å². The third kappa shape index (κ3) is 7.02. The Labute approximate surface area is 645 Å². The molecule has 6 aliphatic rings. The average molecular weight is 1410 g/mol. The van der Waals surface area contributed by atoms with E-state index < -0.39 is 0 Å². The van der Waals surface area contributed by atoms with E-state index >= 15 is 0 Å². The van der Waals surface area contributed by atoms with Gasteiger partial charge in [0.1, 0.15) is 0 Å². The van der Waals surface area contributed by atoms with Gasteiger partial charge < -0.3 is 18.9 Å². The summed E-state index contributed by atoms with van der Waals surface area (Å²) >= 11 is 0. The molecule has 8 heterocycles. The fourth-order valence-electron chi connectivity index (χ4n) is 23.4. The molecule has 8 heteroatoms. The van der Waals surface area contributed by atoms with E-state index in [1.54, 1.807) is 0 Å². The third-order valence-electron chi connectivity index (χ3n) is 27.2. The quantitative estimate of drug-likeness (QED) is 0.126. The van der Waals surface area contributed by atoms with Crippen molar-refractivity contribution in [2.24, 2.45) is 0 Å². The smallest absolute Gasteiger partial charge is 0.249 e. The zero-order valence-corrected chi connectivity index (χ0v) is 60.6. The summed E-state index contributed by atoms with van der Waals surface area (Å²) in [5.41, 5.74) is 38.9. The molecule has 0 atom stereocenters. The molecular formula is C104H58B4N4. The van der Waals surface area contributed by atoms with Crippen LogP contribution in [0.3, 0.4) is 0 Å². The lowest BCUT2D eigenvalue weighted by Crippen LogP contribution is -2.58. The fraction of sp³-hybridized carbons (Fsp3) is 0. The maximum Gasteiger partial charge on any atom is 0.249 e. The van der Waals surface area contributed by atoms with Gasteiger partial charge in [0.05, 0.1) is 16.6 Å². The highest BCUT2D eigenvalue weighted by molar-refractivity contribution is 7.05. The second kappa shape index (κ2) is 21.0. The molecule has 20 aromatic carbocycles. The van der Waals surface area contributed by atoms with Gasteiger partial charge in [-0.2, -0.15) is 0 Å². The molecule has 2 aromatic heterocycles. The topological polar surface area (TPSA) is 16.3 Å². The molecule has 0 N–H and O–H groups in total. The highest BCUT2D eigenvalue weighted by atomic mass is 15.2. The summed E-state index contributed by atoms with van der Waals surface area (Å²) < 4.78 is 5.44. The van der Waals surface area contributed by atoms with Gasteiger partial charge in [0.25, 0.3) is 0 Å². The summed E-state index contributed by atoms with van der Waals surface area (Å²) in [4.78, 5) is 5.26. The van der Waals surface area contributed by atoms with Crippen molar-refractivity contribution in [1.82, 2.24) is 9.13 Å². The minimum absolute atomic E-state index is 0.0490. The molecule has 28 rings (SSSR count). The van der Waals surface area contributed by atoms with Gasteiger partial charge in [0.2, 0.25) is 26.9 Å². The van der Waals surface area contributed by atoms with Crippen LogP contribution in [-0.2, 0) is 0 Å². The maximum atomic E-state index is 2.74. The summed E-state index contributed by atoms with van der Waals surface area (Å²) in [6.45, 7) is -0.202. The van der Waals surface area contributed by atoms with Crippen LogP contribution in [0.25, 0.3) is 153 Å². The lowest BCUT2D eigenvalue weighted by molar-refractivity contribution is 1.21. The van der Waals surface area contributed by atoms with Crippen LogP contribution in [0.4, 0.5) is 34.1 Å². The summed E-state index contributed by atoms with van der Waals surface area (Å²) in [6, 6.07) is 136. The summed E-state index contributed by atoms with van der Waals surface area (Å²) in [7, 11) is 0. The first-order valence-corrected chi connectivity index (χ1v) is 39.6. The van der Waals surface area contributed by atoms with Crippen LogP contribution in [0, 0.1) is 0 Å². The first-order chi connectivity index (χ1) is 55.7. The van der Waals surface area contributed by atoms with E-state index in [2.05, 4.69) is 371 Å². The highest BCUT2D eigenvalue weighted by Gasteiger charge is 2.49. The molecule has 0 radical (unpaired) electrons. The van der Waals surface area contributed by atoms with E-state index in [-0.39, 0.29) is 26.9 Å². The maximum absolute atomic E-state index is 2.74. The molecule has 0 aliphatic carbocycles. The van der Waals surface area contributed by atoms with Crippen molar-refractivity contribution in [3.63, 3.8) is 0 Å². The largest absolute Gasteiger partial charge is 0.311 e. The second-order valence-corrected chi connectivity index (χ2v) is 32.1. The molecule has 0 saturated heterocycles. The van der Waals surface area contributed by atoms with Crippen LogP contribution < -0.4 is 75.4 Å². The van der Waals surface area contributed by atoms with Crippen molar-refractivity contribution in [1.29, 1.82) is 0 Å². The monoisotopic (exact) mass is 1410 g/mol. The summed E-state index contributed by atoms with van der Waals surface area (Å²) in [6.07, 6.45) is 0. The number of benzene rings is 20. The van der Waals surface area contributed by atoms with Gasteiger partial charge in [-0.05, 0) is 175 Å².